The first-order chi connectivity index (χ1) is 10.7. The highest BCUT2D eigenvalue weighted by molar-refractivity contribution is 5.80. The normalized spacial score (nSPS) is 12.6. The summed E-state index contributed by atoms with van der Waals surface area (Å²) < 4.78 is 6.88. The summed E-state index contributed by atoms with van der Waals surface area (Å²) in [6, 6.07) is 9.32. The smallest absolute Gasteiger partial charge is 0.261 e. The highest BCUT2D eigenvalue weighted by atomic mass is 16.3. The summed E-state index contributed by atoms with van der Waals surface area (Å²) in [5, 5.41) is 10.2. The first-order valence-electron chi connectivity index (χ1n) is 7.27. The Morgan fingerprint density at radius 3 is 2.91 bits per heavy atom. The maximum Gasteiger partial charge on any atom is 0.261 e. The predicted molar refractivity (Wildman–Crippen MR) is 83.7 cm³/mol. The van der Waals surface area contributed by atoms with Crippen LogP contribution in [0.25, 0.3) is 10.9 Å². The molecule has 0 amide bonds. The van der Waals surface area contributed by atoms with Crippen LogP contribution in [0.5, 0.6) is 0 Å². The third-order valence-corrected chi connectivity index (χ3v) is 3.84. The van der Waals surface area contributed by atoms with Crippen molar-refractivity contribution in [3.63, 3.8) is 0 Å². The topological polar surface area (TPSA) is 68.3 Å². The van der Waals surface area contributed by atoms with Gasteiger partial charge >= 0.3 is 0 Å². The number of rotatable bonds is 5. The van der Waals surface area contributed by atoms with Crippen molar-refractivity contribution in [3.05, 3.63) is 64.6 Å². The number of aliphatic hydroxyl groups is 1. The second-order valence-electron chi connectivity index (χ2n) is 5.50. The Hall–Kier alpha value is -2.40. The first-order valence-corrected chi connectivity index (χ1v) is 7.27. The molecule has 22 heavy (non-hydrogen) atoms. The Kier molecular flexibility index (Phi) is 4.06. The summed E-state index contributed by atoms with van der Waals surface area (Å²) in [5.74, 6) is 0.712. The Morgan fingerprint density at radius 2 is 2.18 bits per heavy atom. The minimum Gasteiger partial charge on any atom is -0.469 e. The van der Waals surface area contributed by atoms with Crippen molar-refractivity contribution in [1.29, 1.82) is 0 Å². The monoisotopic (exact) mass is 298 g/mol. The number of hydrogen-bond acceptors (Lipinski definition) is 4. The van der Waals surface area contributed by atoms with Gasteiger partial charge in [-0.1, -0.05) is 12.1 Å². The van der Waals surface area contributed by atoms with E-state index in [9.17, 15) is 9.90 Å². The average Bonchev–Trinajstić information content (AvgIpc) is 3.02. The van der Waals surface area contributed by atoms with Crippen LogP contribution in [-0.4, -0.2) is 21.3 Å². The van der Waals surface area contributed by atoms with Gasteiger partial charge in [-0.05, 0) is 30.7 Å². The van der Waals surface area contributed by atoms with Crippen molar-refractivity contribution in [2.45, 2.75) is 19.9 Å². The van der Waals surface area contributed by atoms with E-state index in [1.54, 1.807) is 17.2 Å². The molecule has 0 aliphatic heterocycles. The van der Waals surface area contributed by atoms with E-state index < -0.39 is 0 Å². The van der Waals surface area contributed by atoms with Crippen LogP contribution >= 0.6 is 0 Å². The van der Waals surface area contributed by atoms with Crippen molar-refractivity contribution < 1.29 is 9.52 Å². The molecule has 1 unspecified atom stereocenters. The van der Waals surface area contributed by atoms with Crippen molar-refractivity contribution in [2.24, 2.45) is 5.92 Å². The molecule has 1 N–H and O–H groups in total. The summed E-state index contributed by atoms with van der Waals surface area (Å²) >= 11 is 0. The molecule has 0 fully saturated rings. The highest BCUT2D eigenvalue weighted by Gasteiger charge is 2.14. The fourth-order valence-electron chi connectivity index (χ4n) is 2.67. The third-order valence-electron chi connectivity index (χ3n) is 3.84. The number of aliphatic hydroxyl groups excluding tert-OH is 1. The number of hydrogen-bond donors (Lipinski definition) is 1. The lowest BCUT2D eigenvalue weighted by Gasteiger charge is -2.15. The lowest BCUT2D eigenvalue weighted by atomic mass is 10.0. The standard InChI is InChI=1S/C17H18N2O3/c1-12-4-2-6-15-16(12)17(21)19(11-18-15)9-13(10-20)8-14-5-3-7-22-14/h2-7,11,13,20H,8-10H2,1H3. The van der Waals surface area contributed by atoms with Crippen LogP contribution in [0.4, 0.5) is 0 Å². The minimum atomic E-state index is -0.0906. The van der Waals surface area contributed by atoms with Crippen LogP contribution in [-0.2, 0) is 13.0 Å². The number of benzene rings is 1. The third kappa shape index (κ3) is 2.80. The van der Waals surface area contributed by atoms with Gasteiger partial charge in [-0.25, -0.2) is 4.98 Å². The fraction of sp³-hybridized carbons (Fsp3) is 0.294. The molecular weight excluding hydrogens is 280 g/mol. The van der Waals surface area contributed by atoms with E-state index in [0.717, 1.165) is 11.3 Å². The van der Waals surface area contributed by atoms with E-state index in [2.05, 4.69) is 4.98 Å². The zero-order valence-electron chi connectivity index (χ0n) is 12.4. The zero-order valence-corrected chi connectivity index (χ0v) is 12.4. The van der Waals surface area contributed by atoms with Crippen molar-refractivity contribution >= 4 is 10.9 Å². The van der Waals surface area contributed by atoms with Crippen LogP contribution < -0.4 is 5.56 Å². The molecule has 0 saturated heterocycles. The van der Waals surface area contributed by atoms with E-state index in [0.29, 0.717) is 23.9 Å². The van der Waals surface area contributed by atoms with E-state index >= 15 is 0 Å². The van der Waals surface area contributed by atoms with Gasteiger partial charge < -0.3 is 9.52 Å². The van der Waals surface area contributed by atoms with E-state index in [4.69, 9.17) is 4.42 Å². The van der Waals surface area contributed by atoms with Gasteiger partial charge in [-0.2, -0.15) is 0 Å². The van der Waals surface area contributed by atoms with Gasteiger partial charge in [0.2, 0.25) is 0 Å². The average molecular weight is 298 g/mol. The zero-order chi connectivity index (χ0) is 15.5. The van der Waals surface area contributed by atoms with Crippen LogP contribution in [0.15, 0.2) is 52.1 Å². The Labute approximate surface area is 127 Å². The number of nitrogens with zero attached hydrogens (tertiary/aromatic N) is 2. The Bertz CT molecular complexity index is 822. The lowest BCUT2D eigenvalue weighted by molar-refractivity contribution is 0.203. The molecule has 0 spiro atoms. The molecule has 0 radical (unpaired) electrons. The fourth-order valence-corrected chi connectivity index (χ4v) is 2.67. The molecule has 3 rings (SSSR count). The van der Waals surface area contributed by atoms with Crippen molar-refractivity contribution in [1.82, 2.24) is 9.55 Å². The highest BCUT2D eigenvalue weighted by Crippen LogP contribution is 2.14. The molecule has 2 heterocycles. The van der Waals surface area contributed by atoms with Crippen molar-refractivity contribution in [3.8, 4) is 0 Å². The summed E-state index contributed by atoms with van der Waals surface area (Å²) in [7, 11) is 0. The number of fused-ring (bicyclic) bond motifs is 1. The van der Waals surface area contributed by atoms with E-state index in [1.807, 2.05) is 37.3 Å². The van der Waals surface area contributed by atoms with Gasteiger partial charge in [0.05, 0.1) is 23.5 Å². The molecule has 114 valence electrons. The van der Waals surface area contributed by atoms with Crippen molar-refractivity contribution in [2.75, 3.05) is 6.61 Å². The molecular formula is C17H18N2O3. The SMILES string of the molecule is Cc1cccc2ncn(CC(CO)Cc3ccco3)c(=O)c12. The number of aromatic nitrogens is 2. The lowest BCUT2D eigenvalue weighted by Crippen LogP contribution is -2.27. The summed E-state index contributed by atoms with van der Waals surface area (Å²) in [6.07, 6.45) is 3.74. The van der Waals surface area contributed by atoms with Crippen LogP contribution in [0.2, 0.25) is 0 Å². The summed E-state index contributed by atoms with van der Waals surface area (Å²) in [6.45, 7) is 2.30. The molecule has 1 aromatic carbocycles. The Balaban J connectivity index is 1.91. The molecule has 0 aliphatic carbocycles. The van der Waals surface area contributed by atoms with E-state index in [-0.39, 0.29) is 18.1 Å². The largest absolute Gasteiger partial charge is 0.469 e. The molecule has 0 saturated carbocycles. The minimum absolute atomic E-state index is 0.0149. The van der Waals surface area contributed by atoms with Gasteiger partial charge in [0, 0.05) is 25.5 Å². The van der Waals surface area contributed by atoms with E-state index in [1.165, 1.54) is 0 Å². The quantitative estimate of drug-likeness (QED) is 0.783. The molecule has 5 heteroatoms. The van der Waals surface area contributed by atoms with Crippen LogP contribution in [0.3, 0.4) is 0 Å². The Morgan fingerprint density at radius 1 is 1.32 bits per heavy atom. The molecule has 2 aromatic heterocycles. The second kappa shape index (κ2) is 6.15. The number of aryl methyl sites for hydroxylation is 1. The molecule has 5 nitrogen and oxygen atoms in total. The molecule has 1 atom stereocenters. The van der Waals surface area contributed by atoms with Gasteiger partial charge in [-0.15, -0.1) is 0 Å². The molecule has 0 aliphatic rings. The summed E-state index contributed by atoms with van der Waals surface area (Å²) in [5.41, 5.74) is 1.55. The van der Waals surface area contributed by atoms with Crippen LogP contribution in [0.1, 0.15) is 11.3 Å². The maximum absolute atomic E-state index is 12.6. The second-order valence-corrected chi connectivity index (χ2v) is 5.50. The van der Waals surface area contributed by atoms with Gasteiger partial charge in [0.1, 0.15) is 5.76 Å². The molecule has 3 aromatic rings. The number of furan rings is 1. The maximum atomic E-state index is 12.6. The summed E-state index contributed by atoms with van der Waals surface area (Å²) in [4.78, 5) is 17.0. The molecule has 0 bridgehead atoms. The van der Waals surface area contributed by atoms with Gasteiger partial charge in [0.25, 0.3) is 5.56 Å². The first kappa shape index (κ1) is 14.5. The van der Waals surface area contributed by atoms with Crippen LogP contribution in [0, 0.1) is 12.8 Å². The predicted octanol–water partition coefficient (Wildman–Crippen LogP) is 2.15. The van der Waals surface area contributed by atoms with Gasteiger partial charge in [-0.3, -0.25) is 9.36 Å². The van der Waals surface area contributed by atoms with Gasteiger partial charge in [0.15, 0.2) is 0 Å².